The molecule has 3 N–H and O–H groups in total. The lowest BCUT2D eigenvalue weighted by molar-refractivity contribution is 0.661. The molecule has 0 aliphatic heterocycles. The molecule has 0 spiro atoms. The van der Waals surface area contributed by atoms with Gasteiger partial charge >= 0.3 is 0 Å². The lowest BCUT2D eigenvalue weighted by Crippen LogP contribution is -2.09. The molecule has 0 atom stereocenters. The summed E-state index contributed by atoms with van der Waals surface area (Å²) in [7, 11) is 0. The number of aromatic nitrogens is 2. The third-order valence-electron chi connectivity index (χ3n) is 2.65. The molecule has 5 heteroatoms. The number of hydrogen-bond acceptors (Lipinski definition) is 3. The van der Waals surface area contributed by atoms with E-state index in [9.17, 15) is 0 Å². The standard InChI is InChI=1S/C13H16N4S/c14-13(18)11-2-4-12(5-3-11)16-6-1-8-17-9-7-15-10-17/h2-5,7,9-10,16H,1,6,8H2,(H2,14,18). The van der Waals surface area contributed by atoms with Gasteiger partial charge < -0.3 is 15.6 Å². The molecule has 94 valence electrons. The van der Waals surface area contributed by atoms with E-state index in [-0.39, 0.29) is 0 Å². The van der Waals surface area contributed by atoms with Crippen LogP contribution in [0.15, 0.2) is 43.0 Å². The maximum absolute atomic E-state index is 5.54. The number of rotatable bonds is 6. The van der Waals surface area contributed by atoms with E-state index in [1.54, 1.807) is 6.20 Å². The lowest BCUT2D eigenvalue weighted by atomic mass is 10.2. The highest BCUT2D eigenvalue weighted by molar-refractivity contribution is 7.80. The fourth-order valence-electron chi connectivity index (χ4n) is 1.67. The second kappa shape index (κ2) is 6.16. The number of anilines is 1. The van der Waals surface area contributed by atoms with Crippen LogP contribution in [0, 0.1) is 0 Å². The minimum atomic E-state index is 0.432. The molecule has 18 heavy (non-hydrogen) atoms. The highest BCUT2D eigenvalue weighted by atomic mass is 32.1. The molecule has 0 aliphatic rings. The molecular weight excluding hydrogens is 244 g/mol. The summed E-state index contributed by atoms with van der Waals surface area (Å²) in [6.07, 6.45) is 6.64. The summed E-state index contributed by atoms with van der Waals surface area (Å²) >= 11 is 4.91. The van der Waals surface area contributed by atoms with Gasteiger partial charge in [-0.15, -0.1) is 0 Å². The van der Waals surface area contributed by atoms with E-state index in [0.29, 0.717) is 4.99 Å². The van der Waals surface area contributed by atoms with Gasteiger partial charge in [0.1, 0.15) is 4.99 Å². The second-order valence-electron chi connectivity index (χ2n) is 4.02. The maximum Gasteiger partial charge on any atom is 0.103 e. The third-order valence-corrected chi connectivity index (χ3v) is 2.89. The first-order chi connectivity index (χ1) is 8.75. The van der Waals surface area contributed by atoms with Crippen molar-refractivity contribution in [1.82, 2.24) is 9.55 Å². The van der Waals surface area contributed by atoms with E-state index in [1.807, 2.05) is 36.8 Å². The summed E-state index contributed by atoms with van der Waals surface area (Å²) in [6.45, 7) is 1.89. The zero-order valence-corrected chi connectivity index (χ0v) is 10.9. The molecule has 1 aromatic heterocycles. The van der Waals surface area contributed by atoms with E-state index in [2.05, 4.69) is 14.9 Å². The number of imidazole rings is 1. The SMILES string of the molecule is NC(=S)c1ccc(NCCCn2ccnc2)cc1. The average Bonchev–Trinajstić information content (AvgIpc) is 2.88. The van der Waals surface area contributed by atoms with Crippen LogP contribution < -0.4 is 11.1 Å². The third kappa shape index (κ3) is 3.56. The number of nitrogens with two attached hydrogens (primary N) is 1. The van der Waals surface area contributed by atoms with Crippen molar-refractivity contribution >= 4 is 22.9 Å². The molecule has 0 unspecified atom stereocenters. The summed E-state index contributed by atoms with van der Waals surface area (Å²) in [5.41, 5.74) is 7.52. The highest BCUT2D eigenvalue weighted by Gasteiger charge is 1.96. The number of benzene rings is 1. The van der Waals surface area contributed by atoms with Crippen LogP contribution in [0.1, 0.15) is 12.0 Å². The molecule has 1 heterocycles. The van der Waals surface area contributed by atoms with Crippen LogP contribution in [0.25, 0.3) is 0 Å². The molecule has 0 saturated heterocycles. The fourth-order valence-corrected chi connectivity index (χ4v) is 1.80. The first kappa shape index (κ1) is 12.6. The second-order valence-corrected chi connectivity index (χ2v) is 4.46. The summed E-state index contributed by atoms with van der Waals surface area (Å²) in [6, 6.07) is 7.85. The van der Waals surface area contributed by atoms with Gasteiger partial charge in [-0.2, -0.15) is 0 Å². The molecule has 2 aromatic rings. The van der Waals surface area contributed by atoms with Gasteiger partial charge in [-0.3, -0.25) is 0 Å². The van der Waals surface area contributed by atoms with Crippen molar-refractivity contribution in [2.24, 2.45) is 5.73 Å². The Balaban J connectivity index is 1.75. The van der Waals surface area contributed by atoms with Crippen molar-refractivity contribution in [2.45, 2.75) is 13.0 Å². The Hall–Kier alpha value is -1.88. The Labute approximate surface area is 112 Å². The predicted octanol–water partition coefficient (Wildman–Crippen LogP) is 2.02. The molecule has 0 bridgehead atoms. The van der Waals surface area contributed by atoms with Gasteiger partial charge in [0.15, 0.2) is 0 Å². The molecule has 0 amide bonds. The first-order valence-electron chi connectivity index (χ1n) is 5.85. The normalized spacial score (nSPS) is 10.2. The van der Waals surface area contributed by atoms with Crippen molar-refractivity contribution in [2.75, 3.05) is 11.9 Å². The molecule has 0 radical (unpaired) electrons. The van der Waals surface area contributed by atoms with E-state index in [1.165, 1.54) is 0 Å². The first-order valence-corrected chi connectivity index (χ1v) is 6.26. The number of nitrogens with zero attached hydrogens (tertiary/aromatic N) is 2. The van der Waals surface area contributed by atoms with Gasteiger partial charge in [0.05, 0.1) is 6.33 Å². The zero-order chi connectivity index (χ0) is 12.8. The van der Waals surface area contributed by atoms with Crippen LogP contribution in [0.5, 0.6) is 0 Å². The molecule has 2 rings (SSSR count). The van der Waals surface area contributed by atoms with Crippen LogP contribution in [0.3, 0.4) is 0 Å². The quantitative estimate of drug-likeness (QED) is 0.616. The number of thiocarbonyl (C=S) groups is 1. The average molecular weight is 260 g/mol. The number of hydrogen-bond donors (Lipinski definition) is 2. The van der Waals surface area contributed by atoms with E-state index in [4.69, 9.17) is 18.0 Å². The molecule has 4 nitrogen and oxygen atoms in total. The van der Waals surface area contributed by atoms with Crippen LogP contribution in [0.4, 0.5) is 5.69 Å². The Bertz CT molecular complexity index is 490. The molecule has 1 aromatic carbocycles. The minimum absolute atomic E-state index is 0.432. The smallest absolute Gasteiger partial charge is 0.103 e. The van der Waals surface area contributed by atoms with Gasteiger partial charge in [-0.1, -0.05) is 12.2 Å². The van der Waals surface area contributed by atoms with Gasteiger partial charge in [0, 0.05) is 36.7 Å². The maximum atomic E-state index is 5.54. The lowest BCUT2D eigenvalue weighted by Gasteiger charge is -2.07. The summed E-state index contributed by atoms with van der Waals surface area (Å²) < 4.78 is 2.07. The van der Waals surface area contributed by atoms with Crippen molar-refractivity contribution in [3.63, 3.8) is 0 Å². The number of nitrogens with one attached hydrogen (secondary N) is 1. The Morgan fingerprint density at radius 2 is 2.11 bits per heavy atom. The predicted molar refractivity (Wildman–Crippen MR) is 77.7 cm³/mol. The Morgan fingerprint density at radius 3 is 2.72 bits per heavy atom. The Kier molecular flexibility index (Phi) is 4.30. The van der Waals surface area contributed by atoms with Crippen LogP contribution >= 0.6 is 12.2 Å². The molecular formula is C13H16N4S. The van der Waals surface area contributed by atoms with Gasteiger partial charge in [0.25, 0.3) is 0 Å². The van der Waals surface area contributed by atoms with Gasteiger partial charge in [-0.25, -0.2) is 4.98 Å². The summed E-state index contributed by atoms with van der Waals surface area (Å²) in [5, 5.41) is 3.36. The van der Waals surface area contributed by atoms with E-state index in [0.717, 1.165) is 30.8 Å². The zero-order valence-electron chi connectivity index (χ0n) is 10.0. The van der Waals surface area contributed by atoms with Crippen LogP contribution in [-0.2, 0) is 6.54 Å². The van der Waals surface area contributed by atoms with Gasteiger partial charge in [-0.05, 0) is 30.7 Å². The highest BCUT2D eigenvalue weighted by Crippen LogP contribution is 2.09. The van der Waals surface area contributed by atoms with Crippen molar-refractivity contribution in [3.8, 4) is 0 Å². The van der Waals surface area contributed by atoms with Crippen LogP contribution in [0.2, 0.25) is 0 Å². The van der Waals surface area contributed by atoms with Crippen molar-refractivity contribution in [1.29, 1.82) is 0 Å². The monoisotopic (exact) mass is 260 g/mol. The largest absolute Gasteiger partial charge is 0.389 e. The van der Waals surface area contributed by atoms with Crippen molar-refractivity contribution < 1.29 is 0 Å². The summed E-state index contributed by atoms with van der Waals surface area (Å²) in [4.78, 5) is 4.44. The fraction of sp³-hybridized carbons (Fsp3) is 0.231. The van der Waals surface area contributed by atoms with Crippen LogP contribution in [-0.4, -0.2) is 21.1 Å². The molecule has 0 aliphatic carbocycles. The topological polar surface area (TPSA) is 55.9 Å². The number of aryl methyl sites for hydroxylation is 1. The molecule has 0 fully saturated rings. The molecule has 0 saturated carbocycles. The van der Waals surface area contributed by atoms with E-state index >= 15 is 0 Å². The minimum Gasteiger partial charge on any atom is -0.389 e. The van der Waals surface area contributed by atoms with Gasteiger partial charge in [0.2, 0.25) is 0 Å². The van der Waals surface area contributed by atoms with Crippen molar-refractivity contribution in [3.05, 3.63) is 48.5 Å². The van der Waals surface area contributed by atoms with E-state index < -0.39 is 0 Å². The Morgan fingerprint density at radius 1 is 1.33 bits per heavy atom. The summed E-state index contributed by atoms with van der Waals surface area (Å²) in [5.74, 6) is 0.